The quantitative estimate of drug-likeness (QED) is 0.162. The minimum Gasteiger partial charge on any atom is -0.311 e. The molecule has 0 atom stereocenters. The fourth-order valence-corrected chi connectivity index (χ4v) is 7.92. The molecule has 1 aromatic heterocycles. The highest BCUT2D eigenvalue weighted by Gasteiger charge is 2.17. The van der Waals surface area contributed by atoms with Crippen molar-refractivity contribution in [2.75, 3.05) is 4.90 Å². The van der Waals surface area contributed by atoms with Crippen LogP contribution in [0.25, 0.3) is 71.6 Å². The normalized spacial score (nSPS) is 11.3. The third-order valence-corrected chi connectivity index (χ3v) is 10.6. The maximum Gasteiger partial charge on any atom is 0.0619 e. The van der Waals surface area contributed by atoms with Gasteiger partial charge in [0.05, 0.1) is 11.0 Å². The third-order valence-electron chi connectivity index (χ3n) is 10.6. The SMILES string of the molecule is c1ccc(-c2ccc(N(c3ccc(-c4ccccc4)cc3)c3ccc(-c4ccc5c6ccc7ccccc7c6n(-c6ccccc6)c5c4)cc3)cc2)cc1. The second-order valence-corrected chi connectivity index (χ2v) is 13.8. The van der Waals surface area contributed by atoms with E-state index in [9.17, 15) is 0 Å². The zero-order valence-electron chi connectivity index (χ0n) is 29.7. The van der Waals surface area contributed by atoms with Crippen molar-refractivity contribution in [3.05, 3.63) is 218 Å². The monoisotopic (exact) mass is 688 g/mol. The summed E-state index contributed by atoms with van der Waals surface area (Å²) >= 11 is 0. The van der Waals surface area contributed by atoms with Gasteiger partial charge >= 0.3 is 0 Å². The van der Waals surface area contributed by atoms with Crippen LogP contribution < -0.4 is 4.90 Å². The van der Waals surface area contributed by atoms with Gasteiger partial charge in [-0.2, -0.15) is 0 Å². The van der Waals surface area contributed by atoms with Gasteiger partial charge in [-0.25, -0.2) is 0 Å². The van der Waals surface area contributed by atoms with Crippen LogP contribution in [0.3, 0.4) is 0 Å². The molecule has 0 aliphatic rings. The Morgan fingerprint density at radius 2 is 0.722 bits per heavy atom. The minimum absolute atomic E-state index is 1.10. The van der Waals surface area contributed by atoms with Crippen LogP contribution in [0.1, 0.15) is 0 Å². The summed E-state index contributed by atoms with van der Waals surface area (Å²) in [5, 5.41) is 5.02. The third kappa shape index (κ3) is 5.62. The first-order valence-electron chi connectivity index (χ1n) is 18.5. The Morgan fingerprint density at radius 3 is 1.28 bits per heavy atom. The van der Waals surface area contributed by atoms with Crippen molar-refractivity contribution < 1.29 is 0 Å². The zero-order valence-corrected chi connectivity index (χ0v) is 29.7. The first-order chi connectivity index (χ1) is 26.8. The first kappa shape index (κ1) is 31.6. The topological polar surface area (TPSA) is 8.17 Å². The molecule has 0 saturated carbocycles. The van der Waals surface area contributed by atoms with Gasteiger partial charge in [0, 0.05) is 38.9 Å². The average molecular weight is 689 g/mol. The van der Waals surface area contributed by atoms with Crippen LogP contribution in [0.5, 0.6) is 0 Å². The Morgan fingerprint density at radius 1 is 0.296 bits per heavy atom. The van der Waals surface area contributed by atoms with Crippen LogP contribution in [0.4, 0.5) is 17.1 Å². The van der Waals surface area contributed by atoms with Crippen LogP contribution in [0.2, 0.25) is 0 Å². The molecule has 2 nitrogen and oxygen atoms in total. The summed E-state index contributed by atoms with van der Waals surface area (Å²) in [4.78, 5) is 2.34. The molecule has 0 unspecified atom stereocenters. The van der Waals surface area contributed by atoms with Crippen LogP contribution in [0, 0.1) is 0 Å². The van der Waals surface area contributed by atoms with Gasteiger partial charge in [0.2, 0.25) is 0 Å². The standard InChI is InChI=1S/C52H36N2/c1-4-12-37(13-5-1)39-20-28-45(29-21-39)53(46-30-22-40(23-31-46)38-14-6-2-7-15-38)47-32-24-41(25-33-47)43-27-34-49-50-35-26-42-16-10-11-19-48(42)52(50)54(51(49)36-43)44-17-8-3-9-18-44/h1-36H. The minimum atomic E-state index is 1.10. The van der Waals surface area contributed by atoms with Crippen LogP contribution in [-0.2, 0) is 0 Å². The number of rotatable bonds is 7. The van der Waals surface area contributed by atoms with Crippen molar-refractivity contribution in [1.82, 2.24) is 4.57 Å². The highest BCUT2D eigenvalue weighted by atomic mass is 15.1. The van der Waals surface area contributed by atoms with Crippen molar-refractivity contribution in [1.29, 1.82) is 0 Å². The number of hydrogen-bond donors (Lipinski definition) is 0. The Hall–Kier alpha value is -7.16. The van der Waals surface area contributed by atoms with Gasteiger partial charge in [0.1, 0.15) is 0 Å². The van der Waals surface area contributed by atoms with Gasteiger partial charge in [-0.05, 0) is 93.4 Å². The van der Waals surface area contributed by atoms with E-state index in [0.717, 1.165) is 22.7 Å². The van der Waals surface area contributed by atoms with E-state index in [4.69, 9.17) is 0 Å². The number of aromatic nitrogens is 1. The lowest BCUT2D eigenvalue weighted by atomic mass is 10.0. The Bertz CT molecular complexity index is 2790. The van der Waals surface area contributed by atoms with Crippen LogP contribution >= 0.6 is 0 Å². The first-order valence-corrected chi connectivity index (χ1v) is 18.5. The van der Waals surface area contributed by atoms with Crippen molar-refractivity contribution in [3.8, 4) is 39.1 Å². The van der Waals surface area contributed by atoms with Crippen LogP contribution in [-0.4, -0.2) is 4.57 Å². The maximum atomic E-state index is 2.44. The summed E-state index contributed by atoms with van der Waals surface area (Å²) in [6.07, 6.45) is 0. The lowest BCUT2D eigenvalue weighted by Gasteiger charge is -2.26. The second kappa shape index (κ2) is 13.4. The van der Waals surface area contributed by atoms with E-state index in [1.54, 1.807) is 0 Å². The Kier molecular flexibility index (Phi) is 7.85. The number of fused-ring (bicyclic) bond motifs is 5. The molecular formula is C52H36N2. The lowest BCUT2D eigenvalue weighted by molar-refractivity contribution is 1.19. The number of hydrogen-bond acceptors (Lipinski definition) is 1. The smallest absolute Gasteiger partial charge is 0.0619 e. The molecule has 0 fully saturated rings. The number of benzene rings is 9. The van der Waals surface area contributed by atoms with E-state index in [1.165, 1.54) is 66.0 Å². The summed E-state index contributed by atoms with van der Waals surface area (Å²) in [6.45, 7) is 0. The maximum absolute atomic E-state index is 2.44. The highest BCUT2D eigenvalue weighted by molar-refractivity contribution is 6.19. The molecule has 1 heterocycles. The molecule has 0 amide bonds. The molecule has 0 bridgehead atoms. The molecule has 0 radical (unpaired) electrons. The van der Waals surface area contributed by atoms with Crippen molar-refractivity contribution in [2.45, 2.75) is 0 Å². The number of para-hydroxylation sites is 1. The largest absolute Gasteiger partial charge is 0.311 e. The lowest BCUT2D eigenvalue weighted by Crippen LogP contribution is -2.09. The molecule has 2 heteroatoms. The summed E-state index contributed by atoms with van der Waals surface area (Å²) in [7, 11) is 0. The van der Waals surface area contributed by atoms with E-state index in [2.05, 4.69) is 228 Å². The van der Waals surface area contributed by atoms with Crippen molar-refractivity contribution >= 4 is 49.6 Å². The molecule has 0 saturated heterocycles. The van der Waals surface area contributed by atoms with Gasteiger partial charge in [-0.15, -0.1) is 0 Å². The molecule has 9 aromatic carbocycles. The summed E-state index contributed by atoms with van der Waals surface area (Å²) in [5.41, 5.74) is 14.1. The van der Waals surface area contributed by atoms with Gasteiger partial charge in [-0.3, -0.25) is 0 Å². The number of anilines is 3. The molecule has 0 N–H and O–H groups in total. The van der Waals surface area contributed by atoms with E-state index in [1.807, 2.05) is 0 Å². The van der Waals surface area contributed by atoms with Crippen LogP contribution in [0.15, 0.2) is 218 Å². The molecular weight excluding hydrogens is 653 g/mol. The molecule has 0 aliphatic carbocycles. The molecule has 0 aliphatic heterocycles. The van der Waals surface area contributed by atoms with Gasteiger partial charge in [0.25, 0.3) is 0 Å². The van der Waals surface area contributed by atoms with E-state index in [-0.39, 0.29) is 0 Å². The molecule has 0 spiro atoms. The fourth-order valence-electron chi connectivity index (χ4n) is 7.92. The second-order valence-electron chi connectivity index (χ2n) is 13.8. The predicted molar refractivity (Wildman–Crippen MR) is 229 cm³/mol. The Balaban J connectivity index is 1.07. The van der Waals surface area contributed by atoms with E-state index >= 15 is 0 Å². The highest BCUT2D eigenvalue weighted by Crippen LogP contribution is 2.40. The molecule has 254 valence electrons. The fraction of sp³-hybridized carbons (Fsp3) is 0. The summed E-state index contributed by atoms with van der Waals surface area (Å²) < 4.78 is 2.44. The van der Waals surface area contributed by atoms with E-state index < -0.39 is 0 Å². The summed E-state index contributed by atoms with van der Waals surface area (Å²) in [5.74, 6) is 0. The average Bonchev–Trinajstić information content (AvgIpc) is 3.60. The van der Waals surface area contributed by atoms with Gasteiger partial charge in [-0.1, -0.05) is 164 Å². The zero-order chi connectivity index (χ0) is 35.8. The predicted octanol–water partition coefficient (Wildman–Crippen LogP) is 14.4. The van der Waals surface area contributed by atoms with Gasteiger partial charge < -0.3 is 9.47 Å². The van der Waals surface area contributed by atoms with Crippen molar-refractivity contribution in [3.63, 3.8) is 0 Å². The van der Waals surface area contributed by atoms with Crippen molar-refractivity contribution in [2.24, 2.45) is 0 Å². The molecule has 54 heavy (non-hydrogen) atoms. The van der Waals surface area contributed by atoms with Gasteiger partial charge in [0.15, 0.2) is 0 Å². The molecule has 10 aromatic rings. The Labute approximate surface area is 315 Å². The van der Waals surface area contributed by atoms with E-state index in [0.29, 0.717) is 0 Å². The number of nitrogens with zero attached hydrogens (tertiary/aromatic N) is 2. The molecule has 10 rings (SSSR count). The summed E-state index contributed by atoms with van der Waals surface area (Å²) in [6, 6.07) is 78.8.